The van der Waals surface area contributed by atoms with Crippen LogP contribution in [0.2, 0.25) is 0 Å². The van der Waals surface area contributed by atoms with Gasteiger partial charge in [0.25, 0.3) is 0 Å². The molecule has 1 aromatic heterocycles. The number of rotatable bonds is 1. The van der Waals surface area contributed by atoms with Crippen LogP contribution in [0.25, 0.3) is 0 Å². The molecule has 1 aliphatic heterocycles. The van der Waals surface area contributed by atoms with Crippen molar-refractivity contribution in [3.63, 3.8) is 0 Å². The molecule has 64 valence electrons. The molecule has 0 unspecified atom stereocenters. The second-order valence-corrected chi connectivity index (χ2v) is 3.15. The standard InChI is InChI=1S/C9H13N3/c1-3-8(7-10-4-1)9-11-5-2-6-12-9/h2,5-6,8,10H,1,3-4,7H2/t8-/m0/s1. The Morgan fingerprint density at radius 1 is 1.33 bits per heavy atom. The van der Waals surface area contributed by atoms with Gasteiger partial charge < -0.3 is 5.32 Å². The average Bonchev–Trinajstić information content (AvgIpc) is 2.21. The molecular formula is C9H13N3. The molecule has 2 heterocycles. The summed E-state index contributed by atoms with van der Waals surface area (Å²) in [4.78, 5) is 8.50. The minimum atomic E-state index is 0.528. The third-order valence-corrected chi connectivity index (χ3v) is 2.25. The molecule has 3 nitrogen and oxygen atoms in total. The van der Waals surface area contributed by atoms with Crippen molar-refractivity contribution in [1.29, 1.82) is 0 Å². The van der Waals surface area contributed by atoms with Gasteiger partial charge in [-0.1, -0.05) is 0 Å². The quantitative estimate of drug-likeness (QED) is 0.669. The number of hydrogen-bond donors (Lipinski definition) is 1. The maximum atomic E-state index is 4.25. The lowest BCUT2D eigenvalue weighted by Crippen LogP contribution is -2.29. The Morgan fingerprint density at radius 2 is 2.17 bits per heavy atom. The Kier molecular flexibility index (Phi) is 2.32. The molecular weight excluding hydrogens is 150 g/mol. The Balaban J connectivity index is 2.08. The molecule has 1 aliphatic rings. The molecule has 0 bridgehead atoms. The highest BCUT2D eigenvalue weighted by atomic mass is 14.9. The van der Waals surface area contributed by atoms with Crippen molar-refractivity contribution >= 4 is 0 Å². The summed E-state index contributed by atoms with van der Waals surface area (Å²) in [5.41, 5.74) is 0. The largest absolute Gasteiger partial charge is 0.316 e. The molecule has 1 aromatic rings. The lowest BCUT2D eigenvalue weighted by atomic mass is 9.99. The topological polar surface area (TPSA) is 37.8 Å². The molecule has 3 heteroatoms. The van der Waals surface area contributed by atoms with E-state index in [1.165, 1.54) is 12.8 Å². The van der Waals surface area contributed by atoms with Crippen molar-refractivity contribution in [2.75, 3.05) is 13.1 Å². The average molecular weight is 163 g/mol. The fraction of sp³-hybridized carbons (Fsp3) is 0.556. The molecule has 0 radical (unpaired) electrons. The Labute approximate surface area is 72.2 Å². The molecule has 12 heavy (non-hydrogen) atoms. The summed E-state index contributed by atoms with van der Waals surface area (Å²) < 4.78 is 0. The number of nitrogens with one attached hydrogen (secondary N) is 1. The summed E-state index contributed by atoms with van der Waals surface area (Å²) in [5, 5.41) is 3.35. The Bertz CT molecular complexity index is 229. The van der Waals surface area contributed by atoms with E-state index in [1.807, 2.05) is 18.5 Å². The van der Waals surface area contributed by atoms with E-state index >= 15 is 0 Å². The number of nitrogens with zero attached hydrogens (tertiary/aromatic N) is 2. The molecule has 1 atom stereocenters. The van der Waals surface area contributed by atoms with Gasteiger partial charge in [-0.05, 0) is 25.5 Å². The van der Waals surface area contributed by atoms with Gasteiger partial charge in [0.2, 0.25) is 0 Å². The van der Waals surface area contributed by atoms with Crippen LogP contribution in [0.5, 0.6) is 0 Å². The third kappa shape index (κ3) is 1.61. The van der Waals surface area contributed by atoms with Crippen LogP contribution in [-0.4, -0.2) is 23.1 Å². The van der Waals surface area contributed by atoms with Crippen LogP contribution in [0.3, 0.4) is 0 Å². The zero-order valence-electron chi connectivity index (χ0n) is 7.03. The smallest absolute Gasteiger partial charge is 0.132 e. The van der Waals surface area contributed by atoms with E-state index in [1.54, 1.807) is 0 Å². The molecule has 1 saturated heterocycles. The van der Waals surface area contributed by atoms with Crippen molar-refractivity contribution < 1.29 is 0 Å². The number of hydrogen-bond acceptors (Lipinski definition) is 3. The highest BCUT2D eigenvalue weighted by Gasteiger charge is 2.16. The maximum Gasteiger partial charge on any atom is 0.132 e. The van der Waals surface area contributed by atoms with Gasteiger partial charge >= 0.3 is 0 Å². The first-order valence-electron chi connectivity index (χ1n) is 4.44. The summed E-state index contributed by atoms with van der Waals surface area (Å²) in [6.07, 6.45) is 6.09. The normalized spacial score (nSPS) is 23.8. The molecule has 2 rings (SSSR count). The van der Waals surface area contributed by atoms with Gasteiger partial charge in [-0.15, -0.1) is 0 Å². The lowest BCUT2D eigenvalue weighted by molar-refractivity contribution is 0.446. The van der Waals surface area contributed by atoms with Crippen molar-refractivity contribution in [2.45, 2.75) is 18.8 Å². The summed E-state index contributed by atoms with van der Waals surface area (Å²) >= 11 is 0. The highest BCUT2D eigenvalue weighted by Crippen LogP contribution is 2.18. The van der Waals surface area contributed by atoms with Crippen molar-refractivity contribution in [3.8, 4) is 0 Å². The van der Waals surface area contributed by atoms with Crippen LogP contribution in [-0.2, 0) is 0 Å². The van der Waals surface area contributed by atoms with Gasteiger partial charge in [-0.3, -0.25) is 0 Å². The van der Waals surface area contributed by atoms with Crippen LogP contribution < -0.4 is 5.32 Å². The Hall–Kier alpha value is -0.960. The monoisotopic (exact) mass is 163 g/mol. The van der Waals surface area contributed by atoms with Gasteiger partial charge in [0, 0.05) is 24.9 Å². The van der Waals surface area contributed by atoms with E-state index in [9.17, 15) is 0 Å². The van der Waals surface area contributed by atoms with Crippen LogP contribution in [0.4, 0.5) is 0 Å². The zero-order chi connectivity index (χ0) is 8.23. The summed E-state index contributed by atoms with van der Waals surface area (Å²) in [6, 6.07) is 1.86. The SMILES string of the molecule is c1cnc([C@H]2CCCNC2)nc1. The molecule has 0 aromatic carbocycles. The van der Waals surface area contributed by atoms with Crippen LogP contribution in [0.1, 0.15) is 24.6 Å². The van der Waals surface area contributed by atoms with Gasteiger partial charge in [-0.25, -0.2) is 9.97 Å². The van der Waals surface area contributed by atoms with Crippen LogP contribution in [0.15, 0.2) is 18.5 Å². The van der Waals surface area contributed by atoms with E-state index in [4.69, 9.17) is 0 Å². The summed E-state index contributed by atoms with van der Waals surface area (Å²) in [7, 11) is 0. The second-order valence-electron chi connectivity index (χ2n) is 3.15. The van der Waals surface area contributed by atoms with Gasteiger partial charge in [0.1, 0.15) is 5.82 Å². The molecule has 0 spiro atoms. The second kappa shape index (κ2) is 3.63. The minimum Gasteiger partial charge on any atom is -0.316 e. The van der Waals surface area contributed by atoms with Crippen molar-refractivity contribution in [1.82, 2.24) is 15.3 Å². The molecule has 0 saturated carbocycles. The van der Waals surface area contributed by atoms with Crippen molar-refractivity contribution in [2.24, 2.45) is 0 Å². The van der Waals surface area contributed by atoms with E-state index in [-0.39, 0.29) is 0 Å². The van der Waals surface area contributed by atoms with Gasteiger partial charge in [0.15, 0.2) is 0 Å². The summed E-state index contributed by atoms with van der Waals surface area (Å²) in [5.74, 6) is 1.52. The van der Waals surface area contributed by atoms with E-state index < -0.39 is 0 Å². The fourth-order valence-corrected chi connectivity index (χ4v) is 1.59. The van der Waals surface area contributed by atoms with E-state index in [2.05, 4.69) is 15.3 Å². The molecule has 0 amide bonds. The summed E-state index contributed by atoms with van der Waals surface area (Å²) in [6.45, 7) is 2.17. The van der Waals surface area contributed by atoms with Crippen LogP contribution >= 0.6 is 0 Å². The molecule has 1 N–H and O–H groups in total. The van der Waals surface area contributed by atoms with Crippen molar-refractivity contribution in [3.05, 3.63) is 24.3 Å². The first-order chi connectivity index (χ1) is 5.97. The van der Waals surface area contributed by atoms with E-state index in [0.717, 1.165) is 18.9 Å². The Morgan fingerprint density at radius 3 is 2.83 bits per heavy atom. The third-order valence-electron chi connectivity index (χ3n) is 2.25. The fourth-order valence-electron chi connectivity index (χ4n) is 1.59. The number of aromatic nitrogens is 2. The predicted molar refractivity (Wildman–Crippen MR) is 46.9 cm³/mol. The highest BCUT2D eigenvalue weighted by molar-refractivity contribution is 4.99. The van der Waals surface area contributed by atoms with Gasteiger partial charge in [0.05, 0.1) is 0 Å². The predicted octanol–water partition coefficient (Wildman–Crippen LogP) is 0.944. The zero-order valence-corrected chi connectivity index (χ0v) is 7.03. The molecule has 1 fully saturated rings. The minimum absolute atomic E-state index is 0.528. The first-order valence-corrected chi connectivity index (χ1v) is 4.44. The number of piperidine rings is 1. The maximum absolute atomic E-state index is 4.25. The van der Waals surface area contributed by atoms with E-state index in [0.29, 0.717) is 5.92 Å². The van der Waals surface area contributed by atoms with Crippen LogP contribution in [0, 0.1) is 0 Å². The molecule has 0 aliphatic carbocycles. The first kappa shape index (κ1) is 7.68. The lowest BCUT2D eigenvalue weighted by Gasteiger charge is -2.20. The van der Waals surface area contributed by atoms with Gasteiger partial charge in [-0.2, -0.15) is 0 Å².